The Morgan fingerprint density at radius 1 is 1.33 bits per heavy atom. The number of nitro groups is 1. The van der Waals surface area contributed by atoms with Gasteiger partial charge in [-0.15, -0.1) is 0 Å². The molecule has 2 N–H and O–H groups in total. The van der Waals surface area contributed by atoms with E-state index >= 15 is 0 Å². The summed E-state index contributed by atoms with van der Waals surface area (Å²) in [5.74, 6) is 0. The molecule has 0 atom stereocenters. The van der Waals surface area contributed by atoms with E-state index in [1.807, 2.05) is 0 Å². The quantitative estimate of drug-likeness (QED) is 0.197. The molecule has 0 aliphatic rings. The van der Waals surface area contributed by atoms with Crippen LogP contribution in [0, 0.1) is 10.1 Å². The zero-order valence-corrected chi connectivity index (χ0v) is 4.31. The van der Waals surface area contributed by atoms with Gasteiger partial charge in [0.1, 0.15) is 0 Å². The highest BCUT2D eigenvalue weighted by molar-refractivity contribution is 5.79. The molecule has 0 saturated carbocycles. The van der Waals surface area contributed by atoms with Crippen LogP contribution in [-0.2, 0) is 9.59 Å². The van der Waals surface area contributed by atoms with Crippen LogP contribution < -0.4 is 0 Å². The number of aldehydes is 2. The van der Waals surface area contributed by atoms with E-state index in [-0.39, 0.29) is 18.0 Å². The molecule has 0 spiro atoms. The summed E-state index contributed by atoms with van der Waals surface area (Å²) in [6.07, 6.45) is -0.0417. The smallest absolute Gasteiger partial charge is 0.321 e. The summed E-state index contributed by atoms with van der Waals surface area (Å²) in [4.78, 5) is 27.6. The van der Waals surface area contributed by atoms with Crippen molar-refractivity contribution in [3.8, 4) is 0 Å². The van der Waals surface area contributed by atoms with E-state index in [1.165, 1.54) is 0 Å². The van der Waals surface area contributed by atoms with Crippen molar-refractivity contribution < 1.29 is 20.0 Å². The van der Waals surface area contributed by atoms with Crippen molar-refractivity contribution in [1.29, 1.82) is 0 Å². The fourth-order valence-corrected chi connectivity index (χ4v) is 0.131. The normalized spacial score (nSPS) is 7.67. The third-order valence-electron chi connectivity index (χ3n) is 0.522. The van der Waals surface area contributed by atoms with Gasteiger partial charge in [-0.05, 0) is 0 Å². The van der Waals surface area contributed by atoms with E-state index in [9.17, 15) is 19.7 Å². The summed E-state index contributed by atoms with van der Waals surface area (Å²) in [5.41, 5.74) is 0. The molecule has 0 heterocycles. The van der Waals surface area contributed by atoms with Crippen LogP contribution >= 0.6 is 0 Å². The minimum Gasteiger partial charge on any atom is -0.412 e. The summed E-state index contributed by atoms with van der Waals surface area (Å²) in [5, 5.41) is 9.50. The Bertz CT molecular complexity index is 113. The van der Waals surface area contributed by atoms with E-state index in [1.54, 1.807) is 0 Å². The van der Waals surface area contributed by atoms with E-state index in [0.717, 1.165) is 0 Å². The molecule has 0 aliphatic heterocycles. The Kier molecular flexibility index (Phi) is 5.73. The Labute approximate surface area is 49.9 Å². The van der Waals surface area contributed by atoms with Gasteiger partial charge in [0.25, 0.3) is 0 Å². The fraction of sp³-hybridized carbons (Fsp3) is 0.333. The topological polar surface area (TPSA) is 109 Å². The molecule has 0 fully saturated rings. The maximum atomic E-state index is 9.50. The Balaban J connectivity index is 0. The van der Waals surface area contributed by atoms with Crippen molar-refractivity contribution >= 4 is 12.6 Å². The van der Waals surface area contributed by atoms with Crippen LogP contribution in [0.1, 0.15) is 0 Å². The first kappa shape index (κ1) is 10.6. The van der Waals surface area contributed by atoms with Crippen molar-refractivity contribution in [1.82, 2.24) is 0 Å². The molecule has 0 bridgehead atoms. The summed E-state index contributed by atoms with van der Waals surface area (Å²) < 4.78 is 0. The van der Waals surface area contributed by atoms with Gasteiger partial charge in [-0.3, -0.25) is 19.7 Å². The molecule has 0 radical (unpaired) electrons. The van der Waals surface area contributed by atoms with Gasteiger partial charge < -0.3 is 5.48 Å². The van der Waals surface area contributed by atoms with Crippen LogP contribution in [0.2, 0.25) is 0 Å². The average molecular weight is 135 g/mol. The van der Waals surface area contributed by atoms with Gasteiger partial charge in [-0.1, -0.05) is 0 Å². The highest BCUT2D eigenvalue weighted by Gasteiger charge is 2.15. The molecule has 0 aromatic heterocycles. The number of nitrogens with zero attached hydrogens (tertiary/aromatic N) is 1. The number of hydrogen-bond donors (Lipinski definition) is 0. The van der Waals surface area contributed by atoms with Gasteiger partial charge in [-0.2, -0.15) is 0 Å². The lowest BCUT2D eigenvalue weighted by Crippen LogP contribution is -2.21. The fourth-order valence-electron chi connectivity index (χ4n) is 0.131. The van der Waals surface area contributed by atoms with Crippen LogP contribution in [0.3, 0.4) is 0 Å². The lowest BCUT2D eigenvalue weighted by atomic mass is 10.4. The third-order valence-corrected chi connectivity index (χ3v) is 0.522. The van der Waals surface area contributed by atoms with Crippen LogP contribution in [-0.4, -0.2) is 29.0 Å². The second-order valence-corrected chi connectivity index (χ2v) is 1.05. The van der Waals surface area contributed by atoms with Gasteiger partial charge in [0.15, 0.2) is 0 Å². The molecule has 0 amide bonds. The number of carbonyl (C=O) groups excluding carboxylic acids is 2. The molecule has 0 rings (SSSR count). The monoisotopic (exact) mass is 135 g/mol. The maximum absolute atomic E-state index is 9.50. The first-order valence-corrected chi connectivity index (χ1v) is 1.76. The lowest BCUT2D eigenvalue weighted by Gasteiger charge is -1.86. The predicted octanol–water partition coefficient (Wildman–Crippen LogP) is -1.80. The van der Waals surface area contributed by atoms with Crippen molar-refractivity contribution in [2.24, 2.45) is 0 Å². The van der Waals surface area contributed by atoms with Crippen molar-refractivity contribution in [3.05, 3.63) is 10.1 Å². The zero-order valence-electron chi connectivity index (χ0n) is 4.31. The number of hydrogen-bond acceptors (Lipinski definition) is 4. The minimum atomic E-state index is -1.69. The van der Waals surface area contributed by atoms with Crippen LogP contribution in [0.25, 0.3) is 0 Å². The summed E-state index contributed by atoms with van der Waals surface area (Å²) in [6.45, 7) is 0. The van der Waals surface area contributed by atoms with Crippen LogP contribution in [0.15, 0.2) is 0 Å². The lowest BCUT2D eigenvalue weighted by molar-refractivity contribution is -0.489. The van der Waals surface area contributed by atoms with Gasteiger partial charge in [0, 0.05) is 4.92 Å². The van der Waals surface area contributed by atoms with E-state index < -0.39 is 11.0 Å². The molecule has 6 heteroatoms. The molecule has 0 aromatic carbocycles. The van der Waals surface area contributed by atoms with Gasteiger partial charge >= 0.3 is 6.04 Å². The Morgan fingerprint density at radius 3 is 1.67 bits per heavy atom. The Morgan fingerprint density at radius 2 is 1.67 bits per heavy atom. The molecule has 0 aliphatic carbocycles. The molecule has 0 saturated heterocycles. The maximum Gasteiger partial charge on any atom is 0.321 e. The van der Waals surface area contributed by atoms with Crippen molar-refractivity contribution in [2.45, 2.75) is 6.04 Å². The average Bonchev–Trinajstić information content (AvgIpc) is 1.69. The number of rotatable bonds is 3. The standard InChI is InChI=1S/C3H3NO4.H2O/c5-1-3(2-6)4(7)8;/h1-3H;1H2. The molecule has 0 aromatic rings. The second-order valence-electron chi connectivity index (χ2n) is 1.05. The van der Waals surface area contributed by atoms with Crippen molar-refractivity contribution in [2.75, 3.05) is 0 Å². The van der Waals surface area contributed by atoms with Gasteiger partial charge in [0.05, 0.1) is 0 Å². The zero-order chi connectivity index (χ0) is 6.57. The van der Waals surface area contributed by atoms with Gasteiger partial charge in [-0.25, -0.2) is 0 Å². The molecule has 6 nitrogen and oxygen atoms in total. The summed E-state index contributed by atoms with van der Waals surface area (Å²) >= 11 is 0. The van der Waals surface area contributed by atoms with E-state index in [2.05, 4.69) is 0 Å². The predicted molar refractivity (Wildman–Crippen MR) is 26.5 cm³/mol. The highest BCUT2D eigenvalue weighted by atomic mass is 16.6. The SMILES string of the molecule is O.O=CC(C=O)[N+](=O)[O-]. The Hall–Kier alpha value is -1.30. The molecule has 0 unspecified atom stereocenters. The first-order chi connectivity index (χ1) is 3.72. The molecule has 9 heavy (non-hydrogen) atoms. The molecular weight excluding hydrogens is 130 g/mol. The highest BCUT2D eigenvalue weighted by Crippen LogP contribution is 1.75. The minimum absolute atomic E-state index is 0. The van der Waals surface area contributed by atoms with Crippen LogP contribution in [0.5, 0.6) is 0 Å². The third kappa shape index (κ3) is 3.30. The summed E-state index contributed by atoms with van der Waals surface area (Å²) in [7, 11) is 0. The summed E-state index contributed by atoms with van der Waals surface area (Å²) in [6, 6.07) is -1.69. The van der Waals surface area contributed by atoms with E-state index in [0.29, 0.717) is 0 Å². The van der Waals surface area contributed by atoms with Crippen LogP contribution in [0.4, 0.5) is 0 Å². The largest absolute Gasteiger partial charge is 0.412 e. The van der Waals surface area contributed by atoms with Gasteiger partial charge in [0.2, 0.25) is 12.6 Å². The van der Waals surface area contributed by atoms with E-state index in [4.69, 9.17) is 0 Å². The number of carbonyl (C=O) groups is 2. The first-order valence-electron chi connectivity index (χ1n) is 1.76. The van der Waals surface area contributed by atoms with Crippen molar-refractivity contribution in [3.63, 3.8) is 0 Å². The second kappa shape index (κ2) is 4.85. The molecule has 52 valence electrons. The molecular formula is C3H5NO5.